The number of carbonyl (C=O) groups excluding carboxylic acids is 1. The van der Waals surface area contributed by atoms with Gasteiger partial charge >= 0.3 is 0 Å². The van der Waals surface area contributed by atoms with E-state index in [9.17, 15) is 4.79 Å². The molecule has 0 fully saturated rings. The van der Waals surface area contributed by atoms with Gasteiger partial charge in [-0.1, -0.05) is 41.5 Å². The maximum absolute atomic E-state index is 12.1. The second-order valence-electron chi connectivity index (χ2n) is 4.78. The first-order valence-electron chi connectivity index (χ1n) is 6.03. The third-order valence-corrected chi connectivity index (χ3v) is 3.68. The summed E-state index contributed by atoms with van der Waals surface area (Å²) in [6, 6.07) is 9.54. The van der Waals surface area contributed by atoms with E-state index in [0.717, 1.165) is 12.0 Å². The van der Waals surface area contributed by atoms with E-state index in [1.165, 1.54) is 22.3 Å². The zero-order chi connectivity index (χ0) is 12.4. The predicted molar refractivity (Wildman–Crippen MR) is 71.1 cm³/mol. The van der Waals surface area contributed by atoms with Gasteiger partial charge < -0.3 is 0 Å². The SMILES string of the molecule is CC1=C(C)C(C)=C(CC(=O)c2ccccc2)C1. The quantitative estimate of drug-likeness (QED) is 0.702. The van der Waals surface area contributed by atoms with Gasteiger partial charge in [-0.05, 0) is 38.3 Å². The van der Waals surface area contributed by atoms with Gasteiger partial charge in [0.1, 0.15) is 0 Å². The minimum Gasteiger partial charge on any atom is -0.294 e. The molecule has 0 unspecified atom stereocenters. The predicted octanol–water partition coefficient (Wildman–Crippen LogP) is 4.32. The molecule has 0 bridgehead atoms. The lowest BCUT2D eigenvalue weighted by Crippen LogP contribution is -2.00. The second kappa shape index (κ2) is 4.70. The van der Waals surface area contributed by atoms with Crippen LogP contribution in [0.25, 0.3) is 0 Å². The molecular formula is C16H18O. The van der Waals surface area contributed by atoms with Gasteiger partial charge in [-0.2, -0.15) is 0 Å². The summed E-state index contributed by atoms with van der Waals surface area (Å²) in [4.78, 5) is 12.1. The molecule has 17 heavy (non-hydrogen) atoms. The zero-order valence-corrected chi connectivity index (χ0v) is 10.7. The van der Waals surface area contributed by atoms with Crippen molar-refractivity contribution < 1.29 is 4.79 Å². The summed E-state index contributed by atoms with van der Waals surface area (Å²) < 4.78 is 0. The first-order chi connectivity index (χ1) is 8.09. The lowest BCUT2D eigenvalue weighted by molar-refractivity contribution is 0.0992. The molecule has 0 saturated carbocycles. The lowest BCUT2D eigenvalue weighted by Gasteiger charge is -2.04. The van der Waals surface area contributed by atoms with E-state index in [2.05, 4.69) is 20.8 Å². The van der Waals surface area contributed by atoms with E-state index in [1.54, 1.807) is 0 Å². The molecular weight excluding hydrogens is 208 g/mol. The van der Waals surface area contributed by atoms with E-state index < -0.39 is 0 Å². The average Bonchev–Trinajstić information content (AvgIpc) is 2.58. The number of hydrogen-bond acceptors (Lipinski definition) is 1. The molecule has 0 atom stereocenters. The molecule has 0 heterocycles. The van der Waals surface area contributed by atoms with Crippen LogP contribution in [0.1, 0.15) is 44.0 Å². The maximum atomic E-state index is 12.1. The van der Waals surface area contributed by atoms with Crippen molar-refractivity contribution in [3.8, 4) is 0 Å². The first kappa shape index (κ1) is 11.8. The molecule has 1 aliphatic rings. The lowest BCUT2D eigenvalue weighted by atomic mass is 9.99. The highest BCUT2D eigenvalue weighted by Gasteiger charge is 2.18. The highest BCUT2D eigenvalue weighted by Crippen LogP contribution is 2.33. The smallest absolute Gasteiger partial charge is 0.166 e. The average molecular weight is 226 g/mol. The van der Waals surface area contributed by atoms with Crippen LogP contribution >= 0.6 is 0 Å². The van der Waals surface area contributed by atoms with Crippen molar-refractivity contribution in [3.63, 3.8) is 0 Å². The maximum Gasteiger partial charge on any atom is 0.166 e. The van der Waals surface area contributed by atoms with Crippen molar-refractivity contribution in [2.45, 2.75) is 33.6 Å². The van der Waals surface area contributed by atoms with Crippen molar-refractivity contribution >= 4 is 5.78 Å². The van der Waals surface area contributed by atoms with E-state index in [0.29, 0.717) is 6.42 Å². The summed E-state index contributed by atoms with van der Waals surface area (Å²) in [7, 11) is 0. The fourth-order valence-corrected chi connectivity index (χ4v) is 2.29. The van der Waals surface area contributed by atoms with E-state index in [4.69, 9.17) is 0 Å². The Labute approximate surface area is 103 Å². The zero-order valence-electron chi connectivity index (χ0n) is 10.7. The topological polar surface area (TPSA) is 17.1 Å². The fraction of sp³-hybridized carbons (Fsp3) is 0.312. The molecule has 1 nitrogen and oxygen atoms in total. The number of carbonyl (C=O) groups is 1. The third kappa shape index (κ3) is 2.38. The number of benzene rings is 1. The Morgan fingerprint density at radius 3 is 2.24 bits per heavy atom. The van der Waals surface area contributed by atoms with Crippen LogP contribution in [0.5, 0.6) is 0 Å². The molecule has 0 radical (unpaired) electrons. The van der Waals surface area contributed by atoms with E-state index >= 15 is 0 Å². The van der Waals surface area contributed by atoms with Crippen molar-refractivity contribution in [2.75, 3.05) is 0 Å². The van der Waals surface area contributed by atoms with Crippen molar-refractivity contribution in [2.24, 2.45) is 0 Å². The number of ketones is 1. The summed E-state index contributed by atoms with van der Waals surface area (Å²) in [5.74, 6) is 0.224. The van der Waals surface area contributed by atoms with Crippen LogP contribution in [0.3, 0.4) is 0 Å². The van der Waals surface area contributed by atoms with E-state index in [-0.39, 0.29) is 5.78 Å². The summed E-state index contributed by atoms with van der Waals surface area (Å²) in [5.41, 5.74) is 6.18. The van der Waals surface area contributed by atoms with Crippen LogP contribution in [-0.2, 0) is 0 Å². The van der Waals surface area contributed by atoms with Crippen LogP contribution in [0.15, 0.2) is 52.6 Å². The van der Waals surface area contributed by atoms with Crippen LogP contribution in [0.4, 0.5) is 0 Å². The van der Waals surface area contributed by atoms with Crippen molar-refractivity contribution in [1.29, 1.82) is 0 Å². The summed E-state index contributed by atoms with van der Waals surface area (Å²) in [6.07, 6.45) is 1.53. The number of allylic oxidation sites excluding steroid dienone is 4. The van der Waals surface area contributed by atoms with Gasteiger partial charge in [0.25, 0.3) is 0 Å². The molecule has 1 aromatic rings. The highest BCUT2D eigenvalue weighted by molar-refractivity contribution is 5.97. The number of Topliss-reactive ketones (excluding diaryl/α,β-unsaturated/α-hetero) is 1. The molecule has 0 amide bonds. The Morgan fingerprint density at radius 2 is 1.71 bits per heavy atom. The van der Waals surface area contributed by atoms with Gasteiger partial charge in [-0.3, -0.25) is 4.79 Å². The molecule has 1 aromatic carbocycles. The van der Waals surface area contributed by atoms with E-state index in [1.807, 2.05) is 30.3 Å². The Hall–Kier alpha value is -1.63. The van der Waals surface area contributed by atoms with Crippen LogP contribution < -0.4 is 0 Å². The van der Waals surface area contributed by atoms with Crippen molar-refractivity contribution in [1.82, 2.24) is 0 Å². The largest absolute Gasteiger partial charge is 0.294 e. The number of rotatable bonds is 3. The monoisotopic (exact) mass is 226 g/mol. The Morgan fingerprint density at radius 1 is 1.06 bits per heavy atom. The molecule has 0 N–H and O–H groups in total. The molecule has 1 aliphatic carbocycles. The van der Waals surface area contributed by atoms with Gasteiger partial charge in [-0.15, -0.1) is 0 Å². The molecule has 0 aromatic heterocycles. The molecule has 0 aliphatic heterocycles. The van der Waals surface area contributed by atoms with Crippen molar-refractivity contribution in [3.05, 3.63) is 58.2 Å². The van der Waals surface area contributed by atoms with Crippen LogP contribution in [0, 0.1) is 0 Å². The molecule has 1 heteroatoms. The minimum atomic E-state index is 0.224. The van der Waals surface area contributed by atoms with Gasteiger partial charge in [0, 0.05) is 12.0 Å². The molecule has 88 valence electrons. The summed E-state index contributed by atoms with van der Waals surface area (Å²) in [5, 5.41) is 0. The van der Waals surface area contributed by atoms with Gasteiger partial charge in [0.2, 0.25) is 0 Å². The van der Waals surface area contributed by atoms with Gasteiger partial charge in [0.15, 0.2) is 5.78 Å². The fourth-order valence-electron chi connectivity index (χ4n) is 2.29. The Balaban J connectivity index is 2.13. The normalized spacial score (nSPS) is 15.7. The molecule has 0 spiro atoms. The van der Waals surface area contributed by atoms with Gasteiger partial charge in [0.05, 0.1) is 0 Å². The molecule has 2 rings (SSSR count). The second-order valence-corrected chi connectivity index (χ2v) is 4.78. The first-order valence-corrected chi connectivity index (χ1v) is 6.03. The summed E-state index contributed by atoms with van der Waals surface area (Å²) >= 11 is 0. The Kier molecular flexibility index (Phi) is 3.28. The summed E-state index contributed by atoms with van der Waals surface area (Å²) in [6.45, 7) is 6.42. The van der Waals surface area contributed by atoms with Gasteiger partial charge in [-0.25, -0.2) is 0 Å². The van der Waals surface area contributed by atoms with Crippen LogP contribution in [0.2, 0.25) is 0 Å². The standard InChI is InChI=1S/C16H18O/c1-11-9-15(13(3)12(11)2)10-16(17)14-7-5-4-6-8-14/h4-8H,9-10H2,1-3H3. The third-order valence-electron chi connectivity index (χ3n) is 3.68. The minimum absolute atomic E-state index is 0.224. The van der Waals surface area contributed by atoms with Crippen LogP contribution in [-0.4, -0.2) is 5.78 Å². The Bertz CT molecular complexity index is 504. The number of hydrogen-bond donors (Lipinski definition) is 0. The molecule has 0 saturated heterocycles. The highest BCUT2D eigenvalue weighted by atomic mass is 16.1.